The fourth-order valence-corrected chi connectivity index (χ4v) is 4.65. The molecule has 0 aromatic heterocycles. The van der Waals surface area contributed by atoms with Crippen LogP contribution in [-0.2, 0) is 25.7 Å². The third-order valence-corrected chi connectivity index (χ3v) is 6.14. The Morgan fingerprint density at radius 3 is 2.53 bits per heavy atom. The Balaban J connectivity index is 1.61. The summed E-state index contributed by atoms with van der Waals surface area (Å²) < 4.78 is 5.53. The summed E-state index contributed by atoms with van der Waals surface area (Å²) in [5, 5.41) is 22.0. The van der Waals surface area contributed by atoms with Gasteiger partial charge in [-0.25, -0.2) is 4.79 Å². The smallest absolute Gasteiger partial charge is 0.326 e. The molecular formula is C22H30N2O6. The quantitative estimate of drug-likeness (QED) is 0.561. The molecule has 0 bridgehead atoms. The van der Waals surface area contributed by atoms with E-state index in [1.165, 1.54) is 4.90 Å². The zero-order chi connectivity index (χ0) is 21.7. The Labute approximate surface area is 176 Å². The van der Waals surface area contributed by atoms with Gasteiger partial charge in [0.1, 0.15) is 12.1 Å². The minimum atomic E-state index is -1.12. The largest absolute Gasteiger partial charge is 0.480 e. The number of hydrogen-bond acceptors (Lipinski definition) is 5. The molecule has 8 heteroatoms. The van der Waals surface area contributed by atoms with E-state index in [0.29, 0.717) is 6.42 Å². The molecule has 8 nitrogen and oxygen atoms in total. The number of fused-ring (bicyclic) bond motifs is 1. The zero-order valence-electron chi connectivity index (χ0n) is 17.2. The highest BCUT2D eigenvalue weighted by atomic mass is 16.5. The first-order chi connectivity index (χ1) is 14.4. The van der Waals surface area contributed by atoms with Gasteiger partial charge in [-0.05, 0) is 37.7 Å². The van der Waals surface area contributed by atoms with Crippen molar-refractivity contribution in [2.75, 3.05) is 6.61 Å². The first-order valence-electron chi connectivity index (χ1n) is 10.5. The van der Waals surface area contributed by atoms with Gasteiger partial charge in [0.15, 0.2) is 0 Å². The van der Waals surface area contributed by atoms with E-state index in [4.69, 9.17) is 4.74 Å². The third kappa shape index (κ3) is 5.17. The molecule has 1 aromatic carbocycles. The minimum Gasteiger partial charge on any atom is -0.480 e. The normalized spacial score (nSPS) is 25.4. The highest BCUT2D eigenvalue weighted by molar-refractivity contribution is 5.88. The van der Waals surface area contributed by atoms with E-state index in [0.717, 1.165) is 31.2 Å². The molecule has 0 spiro atoms. The van der Waals surface area contributed by atoms with Crippen LogP contribution in [0.4, 0.5) is 0 Å². The standard InChI is InChI=1S/C22H30N2O6/c1-14(23-17(21(26)27)13-30-12-15-7-3-2-4-8-15)20(25)24-18-10-6-5-9-16(18)11-19(24)22(28)29/h2-4,7-8,14,16-19,23H,5-6,9-13H2,1H3,(H,26,27)(H,28,29)/t14-,16?,17?,18?,19-/m0/s1. The molecular weight excluding hydrogens is 388 g/mol. The summed E-state index contributed by atoms with van der Waals surface area (Å²) in [7, 11) is 0. The van der Waals surface area contributed by atoms with Gasteiger partial charge in [0.25, 0.3) is 0 Å². The Bertz CT molecular complexity index is 755. The van der Waals surface area contributed by atoms with Crippen LogP contribution in [0.25, 0.3) is 0 Å². The van der Waals surface area contributed by atoms with Gasteiger partial charge in [-0.15, -0.1) is 0 Å². The second-order valence-corrected chi connectivity index (χ2v) is 8.23. The van der Waals surface area contributed by atoms with E-state index in [2.05, 4.69) is 5.32 Å². The highest BCUT2D eigenvalue weighted by Gasteiger charge is 2.48. The van der Waals surface area contributed by atoms with Crippen LogP contribution >= 0.6 is 0 Å². The van der Waals surface area contributed by atoms with Crippen LogP contribution in [-0.4, -0.2) is 63.7 Å². The molecule has 164 valence electrons. The number of likely N-dealkylation sites (tertiary alicyclic amines) is 1. The summed E-state index contributed by atoms with van der Waals surface area (Å²) in [5.41, 5.74) is 0.926. The van der Waals surface area contributed by atoms with Crippen LogP contribution in [0.3, 0.4) is 0 Å². The number of hydrogen-bond donors (Lipinski definition) is 3. The molecule has 1 aliphatic carbocycles. The van der Waals surface area contributed by atoms with Crippen molar-refractivity contribution in [2.24, 2.45) is 5.92 Å². The molecule has 1 heterocycles. The first kappa shape index (κ1) is 22.2. The van der Waals surface area contributed by atoms with Crippen LogP contribution in [0.15, 0.2) is 30.3 Å². The number of carbonyl (C=O) groups excluding carboxylic acids is 1. The third-order valence-electron chi connectivity index (χ3n) is 6.14. The van der Waals surface area contributed by atoms with Crippen LogP contribution in [0.5, 0.6) is 0 Å². The lowest BCUT2D eigenvalue weighted by molar-refractivity contribution is -0.151. The van der Waals surface area contributed by atoms with Crippen molar-refractivity contribution in [3.05, 3.63) is 35.9 Å². The second-order valence-electron chi connectivity index (χ2n) is 8.23. The van der Waals surface area contributed by atoms with Gasteiger partial charge in [-0.1, -0.05) is 43.2 Å². The Kier molecular flexibility index (Phi) is 7.44. The van der Waals surface area contributed by atoms with Crippen molar-refractivity contribution in [3.63, 3.8) is 0 Å². The summed E-state index contributed by atoms with van der Waals surface area (Å²) in [5.74, 6) is -2.26. The molecule has 3 unspecified atom stereocenters. The van der Waals surface area contributed by atoms with Gasteiger partial charge < -0.3 is 19.8 Å². The number of amides is 1. The maximum absolute atomic E-state index is 13.1. The topological polar surface area (TPSA) is 116 Å². The van der Waals surface area contributed by atoms with E-state index in [1.807, 2.05) is 30.3 Å². The summed E-state index contributed by atoms with van der Waals surface area (Å²) in [6, 6.07) is 6.60. The Morgan fingerprint density at radius 1 is 1.17 bits per heavy atom. The van der Waals surface area contributed by atoms with Gasteiger partial charge in [0.2, 0.25) is 5.91 Å². The van der Waals surface area contributed by atoms with Gasteiger partial charge in [-0.2, -0.15) is 0 Å². The van der Waals surface area contributed by atoms with Crippen LogP contribution in [0, 0.1) is 5.92 Å². The number of aliphatic carboxylic acids is 2. The first-order valence-corrected chi connectivity index (χ1v) is 10.5. The van der Waals surface area contributed by atoms with Crippen molar-refractivity contribution in [1.29, 1.82) is 0 Å². The molecule has 1 saturated carbocycles. The van der Waals surface area contributed by atoms with E-state index >= 15 is 0 Å². The number of rotatable bonds is 9. The number of nitrogens with one attached hydrogen (secondary N) is 1. The van der Waals surface area contributed by atoms with Crippen LogP contribution < -0.4 is 5.32 Å². The van der Waals surface area contributed by atoms with Crippen molar-refractivity contribution < 1.29 is 29.3 Å². The van der Waals surface area contributed by atoms with Crippen LogP contribution in [0.1, 0.15) is 44.6 Å². The Morgan fingerprint density at radius 2 is 1.87 bits per heavy atom. The van der Waals surface area contributed by atoms with Crippen molar-refractivity contribution in [3.8, 4) is 0 Å². The van der Waals surface area contributed by atoms with Crippen molar-refractivity contribution in [2.45, 2.75) is 69.8 Å². The maximum Gasteiger partial charge on any atom is 0.326 e. The summed E-state index contributed by atoms with van der Waals surface area (Å²) >= 11 is 0. The van der Waals surface area contributed by atoms with E-state index in [9.17, 15) is 24.6 Å². The van der Waals surface area contributed by atoms with Gasteiger partial charge in [0.05, 0.1) is 19.3 Å². The number of nitrogens with zero attached hydrogens (tertiary/aromatic N) is 1. The maximum atomic E-state index is 13.1. The molecule has 30 heavy (non-hydrogen) atoms. The highest BCUT2D eigenvalue weighted by Crippen LogP contribution is 2.40. The average molecular weight is 418 g/mol. The lowest BCUT2D eigenvalue weighted by Gasteiger charge is -2.35. The molecule has 3 rings (SSSR count). The SMILES string of the molecule is C[C@H](NC(COCc1ccccc1)C(=O)O)C(=O)N1C2CCCCC2C[C@H]1C(=O)O. The molecule has 3 N–H and O–H groups in total. The van der Waals surface area contributed by atoms with Crippen molar-refractivity contribution >= 4 is 17.8 Å². The lowest BCUT2D eigenvalue weighted by Crippen LogP contribution is -2.56. The predicted molar refractivity (Wildman–Crippen MR) is 109 cm³/mol. The molecule has 2 fully saturated rings. The molecule has 1 aliphatic heterocycles. The molecule has 1 aromatic rings. The predicted octanol–water partition coefficient (Wildman–Crippen LogP) is 1.88. The summed E-state index contributed by atoms with van der Waals surface area (Å²) in [6.07, 6.45) is 4.24. The number of carbonyl (C=O) groups is 3. The van der Waals surface area contributed by atoms with Gasteiger partial charge in [-0.3, -0.25) is 14.9 Å². The molecule has 2 aliphatic rings. The number of benzene rings is 1. The molecule has 0 radical (unpaired) electrons. The second kappa shape index (κ2) is 10.0. The summed E-state index contributed by atoms with van der Waals surface area (Å²) in [4.78, 5) is 38.0. The fraction of sp³-hybridized carbons (Fsp3) is 0.591. The van der Waals surface area contributed by atoms with E-state index < -0.39 is 30.1 Å². The number of ether oxygens (including phenoxy) is 1. The molecule has 5 atom stereocenters. The monoisotopic (exact) mass is 418 g/mol. The average Bonchev–Trinajstić information content (AvgIpc) is 3.13. The lowest BCUT2D eigenvalue weighted by atomic mass is 9.84. The van der Waals surface area contributed by atoms with Crippen LogP contribution in [0.2, 0.25) is 0 Å². The van der Waals surface area contributed by atoms with E-state index in [1.54, 1.807) is 6.92 Å². The molecule has 1 amide bonds. The van der Waals surface area contributed by atoms with Crippen molar-refractivity contribution in [1.82, 2.24) is 10.2 Å². The van der Waals surface area contributed by atoms with Gasteiger partial charge >= 0.3 is 11.9 Å². The fourth-order valence-electron chi connectivity index (χ4n) is 4.65. The van der Waals surface area contributed by atoms with Gasteiger partial charge in [0, 0.05) is 6.04 Å². The number of carboxylic acid groups (broad SMARTS) is 2. The van der Waals surface area contributed by atoms with E-state index in [-0.39, 0.29) is 31.1 Å². The molecule has 1 saturated heterocycles. The summed E-state index contributed by atoms with van der Waals surface area (Å²) in [6.45, 7) is 1.76. The Hall–Kier alpha value is -2.45. The zero-order valence-corrected chi connectivity index (χ0v) is 17.2. The minimum absolute atomic E-state index is 0.0748. The number of carboxylic acids is 2.